The normalized spacial score (nSPS) is 19.6. The van der Waals surface area contributed by atoms with Crippen molar-refractivity contribution in [3.63, 3.8) is 0 Å². The summed E-state index contributed by atoms with van der Waals surface area (Å²) in [6, 6.07) is 3.82. The highest BCUT2D eigenvalue weighted by atomic mass is 16.4. The van der Waals surface area contributed by atoms with Crippen LogP contribution < -0.4 is 16.4 Å². The maximum absolute atomic E-state index is 13.1. The molecule has 3 N–H and O–H groups in total. The third-order valence-corrected chi connectivity index (χ3v) is 5.31. The van der Waals surface area contributed by atoms with Crippen molar-refractivity contribution in [1.29, 1.82) is 0 Å². The van der Waals surface area contributed by atoms with Gasteiger partial charge in [0.1, 0.15) is 5.69 Å². The summed E-state index contributed by atoms with van der Waals surface area (Å²) in [6.07, 6.45) is 4.90. The van der Waals surface area contributed by atoms with E-state index in [-0.39, 0.29) is 35.4 Å². The lowest BCUT2D eigenvalue weighted by atomic mass is 9.83. The van der Waals surface area contributed by atoms with Crippen LogP contribution in [-0.2, 0) is 4.79 Å². The fraction of sp³-hybridized carbons (Fsp3) is 0.524. The highest BCUT2D eigenvalue weighted by Crippen LogP contribution is 2.25. The molecular formula is C21H27N5O5. The van der Waals surface area contributed by atoms with Crippen molar-refractivity contribution in [1.82, 2.24) is 25.8 Å². The number of carbonyl (C=O) groups is 3. The highest BCUT2D eigenvalue weighted by molar-refractivity contribution is 5.99. The number of nitrogens with zero attached hydrogens (tertiary/aromatic N) is 2. The van der Waals surface area contributed by atoms with Crippen LogP contribution in [0.1, 0.15) is 67.1 Å². The molecular weight excluding hydrogens is 402 g/mol. The second-order valence-corrected chi connectivity index (χ2v) is 8.16. The molecule has 10 heteroatoms. The number of nitrogens with one attached hydrogen (secondary N) is 3. The molecule has 0 aliphatic heterocycles. The minimum atomic E-state index is -0.881. The lowest BCUT2D eigenvalue weighted by Gasteiger charge is -2.32. The molecule has 3 rings (SSSR count). The molecule has 0 radical (unpaired) electrons. The Labute approximate surface area is 179 Å². The highest BCUT2D eigenvalue weighted by Gasteiger charge is 2.35. The van der Waals surface area contributed by atoms with Gasteiger partial charge in [-0.2, -0.15) is 0 Å². The van der Waals surface area contributed by atoms with Crippen molar-refractivity contribution in [2.24, 2.45) is 11.8 Å². The average Bonchev–Trinajstić information content (AvgIpc) is 3.19. The Morgan fingerprint density at radius 1 is 1.23 bits per heavy atom. The predicted molar refractivity (Wildman–Crippen MR) is 110 cm³/mol. The lowest BCUT2D eigenvalue weighted by Crippen LogP contribution is -2.52. The molecule has 1 aliphatic rings. The molecule has 2 aromatic heterocycles. The fourth-order valence-electron chi connectivity index (χ4n) is 3.82. The molecule has 10 nitrogen and oxygen atoms in total. The first-order valence-electron chi connectivity index (χ1n) is 10.5. The smallest absolute Gasteiger partial charge is 0.384 e. The van der Waals surface area contributed by atoms with E-state index < -0.39 is 23.5 Å². The molecule has 166 valence electrons. The lowest BCUT2D eigenvalue weighted by molar-refractivity contribution is -0.127. The number of H-pyrrole nitrogens is 1. The Hall–Kier alpha value is -3.30. The van der Waals surface area contributed by atoms with Crippen LogP contribution in [0.5, 0.6) is 0 Å². The summed E-state index contributed by atoms with van der Waals surface area (Å²) in [7, 11) is 0. The minimum Gasteiger partial charge on any atom is -0.384 e. The van der Waals surface area contributed by atoms with Crippen LogP contribution in [-0.4, -0.2) is 44.9 Å². The van der Waals surface area contributed by atoms with Gasteiger partial charge in [-0.1, -0.05) is 32.8 Å². The Kier molecular flexibility index (Phi) is 7.32. The molecule has 2 amide bonds. The van der Waals surface area contributed by atoms with Gasteiger partial charge >= 0.3 is 5.76 Å². The van der Waals surface area contributed by atoms with Crippen molar-refractivity contribution < 1.29 is 18.8 Å². The van der Waals surface area contributed by atoms with Gasteiger partial charge in [0.2, 0.25) is 11.7 Å². The Morgan fingerprint density at radius 3 is 2.65 bits per heavy atom. The number of Topliss-reactive ketones (excluding diaryl/α,β-unsaturated/α-hetero) is 1. The number of hydrogen-bond acceptors (Lipinski definition) is 7. The first-order valence-corrected chi connectivity index (χ1v) is 10.5. The van der Waals surface area contributed by atoms with Crippen molar-refractivity contribution in [2.45, 2.75) is 58.0 Å². The molecule has 0 bridgehead atoms. The molecule has 1 fully saturated rings. The average molecular weight is 429 g/mol. The van der Waals surface area contributed by atoms with E-state index in [1.165, 1.54) is 6.20 Å². The van der Waals surface area contributed by atoms with E-state index in [4.69, 9.17) is 4.42 Å². The fourth-order valence-corrected chi connectivity index (χ4v) is 3.82. The van der Waals surface area contributed by atoms with Crippen LogP contribution >= 0.6 is 0 Å². The van der Waals surface area contributed by atoms with Crippen LogP contribution in [0.2, 0.25) is 0 Å². The van der Waals surface area contributed by atoms with Crippen LogP contribution in [0, 0.1) is 11.8 Å². The Morgan fingerprint density at radius 2 is 2.00 bits per heavy atom. The summed E-state index contributed by atoms with van der Waals surface area (Å²) in [4.78, 5) is 53.6. The summed E-state index contributed by atoms with van der Waals surface area (Å²) in [5, 5.41) is 11.4. The molecule has 2 aromatic rings. The zero-order chi connectivity index (χ0) is 22.4. The van der Waals surface area contributed by atoms with E-state index in [0.29, 0.717) is 19.3 Å². The van der Waals surface area contributed by atoms with Gasteiger partial charge in [-0.05, 0) is 37.3 Å². The van der Waals surface area contributed by atoms with Gasteiger partial charge in [-0.3, -0.25) is 19.4 Å². The van der Waals surface area contributed by atoms with E-state index in [0.717, 1.165) is 12.8 Å². The molecule has 3 atom stereocenters. The topological polar surface area (TPSA) is 147 Å². The second kappa shape index (κ2) is 10.1. The second-order valence-electron chi connectivity index (χ2n) is 8.16. The SMILES string of the molecule is CC(C)C[C@H](NC(=O)[C@@H]1CCCC[C@@H]1NC(=O)c1ccccn1)C(=O)c1n[nH]c(=O)o1. The first kappa shape index (κ1) is 22.4. The van der Waals surface area contributed by atoms with Crippen LogP contribution in [0.25, 0.3) is 0 Å². The molecule has 0 unspecified atom stereocenters. The third kappa shape index (κ3) is 5.87. The van der Waals surface area contributed by atoms with Crippen molar-refractivity contribution in [3.8, 4) is 0 Å². The van der Waals surface area contributed by atoms with Gasteiger partial charge in [0.15, 0.2) is 0 Å². The molecule has 2 heterocycles. The van der Waals surface area contributed by atoms with Gasteiger partial charge in [0.05, 0.1) is 12.0 Å². The maximum Gasteiger partial charge on any atom is 0.434 e. The molecule has 1 saturated carbocycles. The summed E-state index contributed by atoms with van der Waals surface area (Å²) in [6.45, 7) is 3.84. The summed E-state index contributed by atoms with van der Waals surface area (Å²) in [5.41, 5.74) is 0.286. The van der Waals surface area contributed by atoms with Gasteiger partial charge in [-0.15, -0.1) is 5.10 Å². The van der Waals surface area contributed by atoms with Gasteiger partial charge in [0.25, 0.3) is 11.8 Å². The van der Waals surface area contributed by atoms with Gasteiger partial charge < -0.3 is 15.1 Å². The molecule has 0 aromatic carbocycles. The predicted octanol–water partition coefficient (Wildman–Crippen LogP) is 1.46. The Balaban J connectivity index is 1.71. The van der Waals surface area contributed by atoms with Crippen molar-refractivity contribution >= 4 is 17.6 Å². The molecule has 0 saturated heterocycles. The quantitative estimate of drug-likeness (QED) is 0.538. The van der Waals surface area contributed by atoms with E-state index in [9.17, 15) is 19.2 Å². The number of aromatic nitrogens is 3. The van der Waals surface area contributed by atoms with E-state index in [1.54, 1.807) is 18.2 Å². The summed E-state index contributed by atoms with van der Waals surface area (Å²) in [5.74, 6) is -2.78. The maximum atomic E-state index is 13.1. The summed E-state index contributed by atoms with van der Waals surface area (Å²) >= 11 is 0. The Bertz CT molecular complexity index is 968. The third-order valence-electron chi connectivity index (χ3n) is 5.31. The monoisotopic (exact) mass is 429 g/mol. The molecule has 1 aliphatic carbocycles. The van der Waals surface area contributed by atoms with Crippen LogP contribution in [0.15, 0.2) is 33.6 Å². The number of pyridine rings is 1. The number of rotatable bonds is 8. The summed E-state index contributed by atoms with van der Waals surface area (Å²) < 4.78 is 4.77. The van der Waals surface area contributed by atoms with Crippen LogP contribution in [0.3, 0.4) is 0 Å². The largest absolute Gasteiger partial charge is 0.434 e. The van der Waals surface area contributed by atoms with Crippen molar-refractivity contribution in [3.05, 3.63) is 46.5 Å². The van der Waals surface area contributed by atoms with E-state index in [1.807, 2.05) is 13.8 Å². The van der Waals surface area contributed by atoms with Gasteiger partial charge in [0, 0.05) is 12.2 Å². The first-order chi connectivity index (χ1) is 14.8. The van der Waals surface area contributed by atoms with E-state index >= 15 is 0 Å². The number of ketones is 1. The standard InChI is InChI=1S/C21H27N5O5/c1-12(2)11-16(17(27)20-25-26-21(30)31-20)24-18(28)13-7-3-4-8-14(13)23-19(29)15-9-5-6-10-22-15/h5-6,9-10,12-14,16H,3-4,7-8,11H2,1-2H3,(H,23,29)(H,24,28)(H,26,30)/t13-,14+,16+/m1/s1. The molecule has 0 spiro atoms. The molecule has 31 heavy (non-hydrogen) atoms. The van der Waals surface area contributed by atoms with E-state index in [2.05, 4.69) is 25.8 Å². The number of amides is 2. The zero-order valence-electron chi connectivity index (χ0n) is 17.6. The minimum absolute atomic E-state index is 0.103. The number of hydrogen-bond donors (Lipinski definition) is 3. The van der Waals surface area contributed by atoms with Crippen LogP contribution in [0.4, 0.5) is 0 Å². The van der Waals surface area contributed by atoms with Gasteiger partial charge in [-0.25, -0.2) is 9.89 Å². The number of carbonyl (C=O) groups excluding carboxylic acids is 3. The zero-order valence-corrected chi connectivity index (χ0v) is 17.6. The van der Waals surface area contributed by atoms with Crippen molar-refractivity contribution in [2.75, 3.05) is 0 Å². The number of aromatic amines is 1.